The van der Waals surface area contributed by atoms with E-state index in [4.69, 9.17) is 4.74 Å². The van der Waals surface area contributed by atoms with Crippen LogP contribution in [0.15, 0.2) is 24.3 Å². The molecule has 2 rings (SSSR count). The summed E-state index contributed by atoms with van der Waals surface area (Å²) in [5, 5.41) is 9.47. The lowest BCUT2D eigenvalue weighted by atomic mass is 10.0. The summed E-state index contributed by atoms with van der Waals surface area (Å²) >= 11 is 0. The zero-order valence-electron chi connectivity index (χ0n) is 11.3. The van der Waals surface area contributed by atoms with Crippen LogP contribution in [0.2, 0.25) is 0 Å². The molecule has 0 bridgehead atoms. The van der Waals surface area contributed by atoms with Crippen molar-refractivity contribution < 1.29 is 14.6 Å². The molecule has 1 fully saturated rings. The molecule has 0 unspecified atom stereocenters. The molecule has 0 aromatic heterocycles. The number of carboxylic acids is 1. The van der Waals surface area contributed by atoms with Crippen LogP contribution in [-0.4, -0.2) is 42.2 Å². The van der Waals surface area contributed by atoms with E-state index in [-0.39, 0.29) is 0 Å². The van der Waals surface area contributed by atoms with E-state index in [2.05, 4.69) is 4.90 Å². The Labute approximate surface area is 114 Å². The fourth-order valence-electron chi connectivity index (χ4n) is 2.68. The lowest BCUT2D eigenvalue weighted by Gasteiger charge is -2.32. The second kappa shape index (κ2) is 6.57. The third kappa shape index (κ3) is 3.47. The molecule has 0 radical (unpaired) electrons. The summed E-state index contributed by atoms with van der Waals surface area (Å²) < 4.78 is 5.30. The monoisotopic (exact) mass is 263 g/mol. The summed E-state index contributed by atoms with van der Waals surface area (Å²) in [5.41, 5.74) is 0.961. The summed E-state index contributed by atoms with van der Waals surface area (Å²) in [5.74, 6) is 0.0264. The Hall–Kier alpha value is -1.55. The van der Waals surface area contributed by atoms with Crippen molar-refractivity contribution in [2.45, 2.75) is 31.7 Å². The van der Waals surface area contributed by atoms with Crippen LogP contribution in [0.25, 0.3) is 0 Å². The minimum absolute atomic E-state index is 0.448. The van der Waals surface area contributed by atoms with Gasteiger partial charge in [0.2, 0.25) is 0 Å². The summed E-state index contributed by atoms with van der Waals surface area (Å²) in [6.45, 7) is 1.76. The summed E-state index contributed by atoms with van der Waals surface area (Å²) in [4.78, 5) is 13.6. The van der Waals surface area contributed by atoms with Gasteiger partial charge in [-0.1, -0.05) is 24.6 Å². The fourth-order valence-corrected chi connectivity index (χ4v) is 2.68. The largest absolute Gasteiger partial charge is 0.496 e. The molecule has 104 valence electrons. The van der Waals surface area contributed by atoms with Crippen molar-refractivity contribution in [1.29, 1.82) is 0 Å². The number of ether oxygens (including phenoxy) is 1. The van der Waals surface area contributed by atoms with Gasteiger partial charge >= 0.3 is 5.97 Å². The first-order valence-electron chi connectivity index (χ1n) is 6.81. The predicted molar refractivity (Wildman–Crippen MR) is 73.5 cm³/mol. The zero-order valence-corrected chi connectivity index (χ0v) is 11.3. The highest BCUT2D eigenvalue weighted by atomic mass is 16.5. The highest BCUT2D eigenvalue weighted by Gasteiger charge is 2.27. The number of hydrogen-bond acceptors (Lipinski definition) is 3. The Kier molecular flexibility index (Phi) is 4.80. The Morgan fingerprint density at radius 1 is 1.32 bits per heavy atom. The second-order valence-electron chi connectivity index (χ2n) is 4.97. The van der Waals surface area contributed by atoms with Crippen LogP contribution in [0.4, 0.5) is 0 Å². The number of aliphatic carboxylic acids is 1. The van der Waals surface area contributed by atoms with Crippen molar-refractivity contribution in [3.8, 4) is 5.75 Å². The SMILES string of the molecule is COc1ccccc1C[C@H](C(=O)O)N1CCCCC1. The maximum Gasteiger partial charge on any atom is 0.321 e. The fraction of sp³-hybridized carbons (Fsp3) is 0.533. The number of carbonyl (C=O) groups is 1. The van der Waals surface area contributed by atoms with Gasteiger partial charge in [0, 0.05) is 6.42 Å². The molecule has 1 aromatic rings. The molecule has 4 nitrogen and oxygen atoms in total. The molecular formula is C15H21NO3. The molecular weight excluding hydrogens is 242 g/mol. The topological polar surface area (TPSA) is 49.8 Å². The third-order valence-corrected chi connectivity index (χ3v) is 3.72. The molecule has 0 spiro atoms. The molecule has 1 atom stereocenters. The molecule has 19 heavy (non-hydrogen) atoms. The van der Waals surface area contributed by atoms with Crippen molar-refractivity contribution >= 4 is 5.97 Å². The van der Waals surface area contributed by atoms with Crippen LogP contribution < -0.4 is 4.74 Å². The van der Waals surface area contributed by atoms with Crippen molar-refractivity contribution in [1.82, 2.24) is 4.90 Å². The van der Waals surface area contributed by atoms with Crippen LogP contribution in [0.1, 0.15) is 24.8 Å². The van der Waals surface area contributed by atoms with Gasteiger partial charge in [-0.15, -0.1) is 0 Å². The first-order valence-corrected chi connectivity index (χ1v) is 6.81. The molecule has 1 aliphatic heterocycles. The molecule has 1 aliphatic rings. The van der Waals surface area contributed by atoms with E-state index in [1.54, 1.807) is 7.11 Å². The van der Waals surface area contributed by atoms with Crippen molar-refractivity contribution in [3.05, 3.63) is 29.8 Å². The molecule has 1 aromatic carbocycles. The number of piperidine rings is 1. The molecule has 4 heteroatoms. The number of para-hydroxylation sites is 1. The Bertz CT molecular complexity index is 427. The maximum atomic E-state index is 11.5. The number of benzene rings is 1. The molecule has 1 saturated heterocycles. The number of likely N-dealkylation sites (tertiary alicyclic amines) is 1. The summed E-state index contributed by atoms with van der Waals surface area (Å²) in [6.07, 6.45) is 3.89. The van der Waals surface area contributed by atoms with Crippen LogP contribution in [-0.2, 0) is 11.2 Å². The van der Waals surface area contributed by atoms with Gasteiger partial charge in [0.25, 0.3) is 0 Å². The quantitative estimate of drug-likeness (QED) is 0.884. The summed E-state index contributed by atoms with van der Waals surface area (Å²) in [7, 11) is 1.62. The van der Waals surface area contributed by atoms with Gasteiger partial charge in [0.05, 0.1) is 7.11 Å². The second-order valence-corrected chi connectivity index (χ2v) is 4.97. The first-order chi connectivity index (χ1) is 9.22. The zero-order chi connectivity index (χ0) is 13.7. The van der Waals surface area contributed by atoms with Crippen molar-refractivity contribution in [2.24, 2.45) is 0 Å². The maximum absolute atomic E-state index is 11.5. The average Bonchev–Trinajstić information content (AvgIpc) is 2.45. The molecule has 1 N–H and O–H groups in total. The normalized spacial score (nSPS) is 17.9. The van der Waals surface area contributed by atoms with Gasteiger partial charge in [-0.3, -0.25) is 9.69 Å². The highest BCUT2D eigenvalue weighted by molar-refractivity contribution is 5.74. The number of methoxy groups -OCH3 is 1. The summed E-state index contributed by atoms with van der Waals surface area (Å²) in [6, 6.07) is 7.20. The lowest BCUT2D eigenvalue weighted by molar-refractivity contribution is -0.143. The number of hydrogen-bond donors (Lipinski definition) is 1. The van der Waals surface area contributed by atoms with Crippen LogP contribution in [0.3, 0.4) is 0 Å². The van der Waals surface area contributed by atoms with Gasteiger partial charge in [0.1, 0.15) is 11.8 Å². The van der Waals surface area contributed by atoms with Crippen LogP contribution >= 0.6 is 0 Å². The van der Waals surface area contributed by atoms with E-state index < -0.39 is 12.0 Å². The Morgan fingerprint density at radius 3 is 2.63 bits per heavy atom. The van der Waals surface area contributed by atoms with Crippen molar-refractivity contribution in [3.63, 3.8) is 0 Å². The third-order valence-electron chi connectivity index (χ3n) is 3.72. The first kappa shape index (κ1) is 13.9. The lowest BCUT2D eigenvalue weighted by Crippen LogP contribution is -2.45. The standard InChI is InChI=1S/C15H21NO3/c1-19-14-8-4-3-7-12(14)11-13(15(17)18)16-9-5-2-6-10-16/h3-4,7-8,13H,2,5-6,9-11H2,1H3,(H,17,18)/t13-/m1/s1. The van der Waals surface area contributed by atoms with E-state index in [0.717, 1.165) is 37.2 Å². The molecule has 1 heterocycles. The minimum atomic E-state index is -0.743. The number of rotatable bonds is 5. The smallest absolute Gasteiger partial charge is 0.321 e. The van der Waals surface area contributed by atoms with Gasteiger partial charge in [-0.2, -0.15) is 0 Å². The molecule has 0 saturated carbocycles. The number of carboxylic acid groups (broad SMARTS) is 1. The van der Waals surface area contributed by atoms with E-state index >= 15 is 0 Å². The Balaban J connectivity index is 2.13. The number of nitrogens with zero attached hydrogens (tertiary/aromatic N) is 1. The van der Waals surface area contributed by atoms with E-state index in [1.807, 2.05) is 24.3 Å². The van der Waals surface area contributed by atoms with Gasteiger partial charge in [-0.05, 0) is 37.6 Å². The minimum Gasteiger partial charge on any atom is -0.496 e. The Morgan fingerprint density at radius 2 is 2.00 bits per heavy atom. The van der Waals surface area contributed by atoms with Crippen molar-refractivity contribution in [2.75, 3.05) is 20.2 Å². The average molecular weight is 263 g/mol. The molecule has 0 aliphatic carbocycles. The van der Waals surface area contributed by atoms with E-state index in [0.29, 0.717) is 6.42 Å². The van der Waals surface area contributed by atoms with E-state index in [1.165, 1.54) is 6.42 Å². The van der Waals surface area contributed by atoms with Gasteiger partial charge < -0.3 is 9.84 Å². The molecule has 0 amide bonds. The van der Waals surface area contributed by atoms with Crippen LogP contribution in [0, 0.1) is 0 Å². The van der Waals surface area contributed by atoms with E-state index in [9.17, 15) is 9.90 Å². The highest BCUT2D eigenvalue weighted by Crippen LogP contribution is 2.22. The predicted octanol–water partition coefficient (Wildman–Crippen LogP) is 2.18. The van der Waals surface area contributed by atoms with Gasteiger partial charge in [-0.25, -0.2) is 0 Å². The van der Waals surface area contributed by atoms with Gasteiger partial charge in [0.15, 0.2) is 0 Å². The van der Waals surface area contributed by atoms with Crippen LogP contribution in [0.5, 0.6) is 5.75 Å².